The van der Waals surface area contributed by atoms with E-state index in [1.165, 1.54) is 12.8 Å². The molecule has 0 saturated heterocycles. The maximum Gasteiger partial charge on any atom is 0.142 e. The van der Waals surface area contributed by atoms with Gasteiger partial charge >= 0.3 is 0 Å². The van der Waals surface area contributed by atoms with E-state index in [0.29, 0.717) is 16.8 Å². The first-order chi connectivity index (χ1) is 7.81. The van der Waals surface area contributed by atoms with Crippen molar-refractivity contribution in [1.82, 2.24) is 5.32 Å². The fourth-order valence-electron chi connectivity index (χ4n) is 1.54. The Morgan fingerprint density at radius 1 is 1.44 bits per heavy atom. The maximum absolute atomic E-state index is 8.75. The molecule has 0 aliphatic heterocycles. The van der Waals surface area contributed by atoms with Gasteiger partial charge in [0.2, 0.25) is 0 Å². The van der Waals surface area contributed by atoms with Crippen molar-refractivity contribution < 1.29 is 9.84 Å². The van der Waals surface area contributed by atoms with E-state index in [-0.39, 0.29) is 13.2 Å². The highest BCUT2D eigenvalue weighted by Gasteiger charge is 2.20. The van der Waals surface area contributed by atoms with E-state index >= 15 is 0 Å². The van der Waals surface area contributed by atoms with E-state index in [9.17, 15) is 0 Å². The van der Waals surface area contributed by atoms with E-state index in [0.717, 1.165) is 12.1 Å². The highest BCUT2D eigenvalue weighted by molar-refractivity contribution is 6.32. The van der Waals surface area contributed by atoms with E-state index in [4.69, 9.17) is 21.4 Å². The zero-order valence-corrected chi connectivity index (χ0v) is 9.83. The van der Waals surface area contributed by atoms with Crippen LogP contribution >= 0.6 is 11.6 Å². The zero-order chi connectivity index (χ0) is 11.4. The third-order valence-corrected chi connectivity index (χ3v) is 2.84. The van der Waals surface area contributed by atoms with Crippen LogP contribution in [0.15, 0.2) is 18.2 Å². The van der Waals surface area contributed by atoms with Gasteiger partial charge in [0.1, 0.15) is 12.4 Å². The molecule has 2 rings (SSSR count). The second-order valence-electron chi connectivity index (χ2n) is 3.96. The number of hydrogen-bond donors (Lipinski definition) is 2. The first kappa shape index (κ1) is 11.7. The summed E-state index contributed by atoms with van der Waals surface area (Å²) < 4.78 is 5.45. The molecule has 1 fully saturated rings. The van der Waals surface area contributed by atoms with Crippen LogP contribution in [0.5, 0.6) is 5.75 Å². The van der Waals surface area contributed by atoms with Crippen molar-refractivity contribution >= 4 is 11.6 Å². The number of halogens is 1. The van der Waals surface area contributed by atoms with Gasteiger partial charge in [0.15, 0.2) is 0 Å². The molecule has 0 radical (unpaired) electrons. The van der Waals surface area contributed by atoms with Crippen LogP contribution in [0.2, 0.25) is 5.02 Å². The standard InChI is InChI=1S/C12H16ClNO2/c13-11-3-1-2-9(8-14-10-4-5-10)12(11)16-7-6-15/h1-3,10,14-15H,4-8H2. The maximum atomic E-state index is 8.75. The second-order valence-corrected chi connectivity index (χ2v) is 4.36. The normalized spacial score (nSPS) is 15.1. The smallest absolute Gasteiger partial charge is 0.142 e. The molecule has 0 heterocycles. The number of hydrogen-bond acceptors (Lipinski definition) is 3. The third kappa shape index (κ3) is 3.11. The van der Waals surface area contributed by atoms with Gasteiger partial charge in [0.05, 0.1) is 11.6 Å². The Morgan fingerprint density at radius 3 is 2.94 bits per heavy atom. The molecular weight excluding hydrogens is 226 g/mol. The molecule has 1 aromatic carbocycles. The number of benzene rings is 1. The molecule has 0 atom stereocenters. The molecule has 3 nitrogen and oxygen atoms in total. The molecule has 4 heteroatoms. The average molecular weight is 242 g/mol. The quantitative estimate of drug-likeness (QED) is 0.800. The Labute approximate surface area is 100 Å². The third-order valence-electron chi connectivity index (χ3n) is 2.54. The SMILES string of the molecule is OCCOc1c(Cl)cccc1CNC1CC1. The van der Waals surface area contributed by atoms with Crippen molar-refractivity contribution in [3.8, 4) is 5.75 Å². The van der Waals surface area contributed by atoms with Crippen LogP contribution in [0.4, 0.5) is 0 Å². The van der Waals surface area contributed by atoms with Gasteiger partial charge in [-0.2, -0.15) is 0 Å². The molecule has 0 aromatic heterocycles. The van der Waals surface area contributed by atoms with Crippen LogP contribution < -0.4 is 10.1 Å². The first-order valence-electron chi connectivity index (χ1n) is 5.55. The average Bonchev–Trinajstić information content (AvgIpc) is 3.09. The summed E-state index contributed by atoms with van der Waals surface area (Å²) in [6.45, 7) is 1.05. The second kappa shape index (κ2) is 5.53. The minimum atomic E-state index is 0.000711. The predicted octanol–water partition coefficient (Wildman–Crippen LogP) is 1.96. The van der Waals surface area contributed by atoms with Crippen LogP contribution in [-0.2, 0) is 6.54 Å². The van der Waals surface area contributed by atoms with Gasteiger partial charge in [0, 0.05) is 18.2 Å². The van der Waals surface area contributed by atoms with Crippen molar-refractivity contribution in [2.45, 2.75) is 25.4 Å². The summed E-state index contributed by atoms with van der Waals surface area (Å²) >= 11 is 6.06. The molecule has 1 saturated carbocycles. The summed E-state index contributed by atoms with van der Waals surface area (Å²) in [5.74, 6) is 0.686. The van der Waals surface area contributed by atoms with Crippen LogP contribution in [0.3, 0.4) is 0 Å². The zero-order valence-electron chi connectivity index (χ0n) is 9.08. The summed E-state index contributed by atoms with van der Waals surface area (Å²) in [7, 11) is 0. The topological polar surface area (TPSA) is 41.5 Å². The number of rotatable bonds is 6. The molecule has 0 bridgehead atoms. The number of aliphatic hydroxyl groups excluding tert-OH is 1. The molecule has 1 aliphatic rings. The number of nitrogens with one attached hydrogen (secondary N) is 1. The van der Waals surface area contributed by atoms with Crippen LogP contribution in [0.25, 0.3) is 0 Å². The van der Waals surface area contributed by atoms with Gasteiger partial charge in [0.25, 0.3) is 0 Å². The lowest BCUT2D eigenvalue weighted by molar-refractivity contribution is 0.200. The number of aliphatic hydroxyl groups is 1. The van der Waals surface area contributed by atoms with Gasteiger partial charge in [-0.15, -0.1) is 0 Å². The molecular formula is C12H16ClNO2. The van der Waals surface area contributed by atoms with E-state index in [1.54, 1.807) is 6.07 Å². The Kier molecular flexibility index (Phi) is 4.04. The number of ether oxygens (including phenoxy) is 1. The van der Waals surface area contributed by atoms with Crippen molar-refractivity contribution in [3.63, 3.8) is 0 Å². The molecule has 1 aromatic rings. The van der Waals surface area contributed by atoms with Gasteiger partial charge in [-0.3, -0.25) is 0 Å². The highest BCUT2D eigenvalue weighted by Crippen LogP contribution is 2.29. The van der Waals surface area contributed by atoms with Crippen LogP contribution in [0.1, 0.15) is 18.4 Å². The monoisotopic (exact) mass is 241 g/mol. The molecule has 88 valence electrons. The fraction of sp³-hybridized carbons (Fsp3) is 0.500. The molecule has 0 unspecified atom stereocenters. The highest BCUT2D eigenvalue weighted by atomic mass is 35.5. The molecule has 2 N–H and O–H groups in total. The first-order valence-corrected chi connectivity index (χ1v) is 5.93. The van der Waals surface area contributed by atoms with Gasteiger partial charge in [-0.05, 0) is 18.9 Å². The Balaban J connectivity index is 2.04. The summed E-state index contributed by atoms with van der Waals surface area (Å²) in [6.07, 6.45) is 2.51. The lowest BCUT2D eigenvalue weighted by Crippen LogP contribution is -2.16. The van der Waals surface area contributed by atoms with Gasteiger partial charge in [-0.25, -0.2) is 0 Å². The van der Waals surface area contributed by atoms with Crippen LogP contribution in [-0.4, -0.2) is 24.4 Å². The Morgan fingerprint density at radius 2 is 2.25 bits per heavy atom. The predicted molar refractivity (Wildman–Crippen MR) is 63.9 cm³/mol. The summed E-state index contributed by atoms with van der Waals surface area (Å²) in [4.78, 5) is 0. The lowest BCUT2D eigenvalue weighted by atomic mass is 10.2. The van der Waals surface area contributed by atoms with E-state index in [2.05, 4.69) is 5.32 Å². The van der Waals surface area contributed by atoms with Gasteiger partial charge in [-0.1, -0.05) is 23.7 Å². The van der Waals surface area contributed by atoms with Gasteiger partial charge < -0.3 is 15.2 Å². The molecule has 0 spiro atoms. The summed E-state index contributed by atoms with van der Waals surface area (Å²) in [5.41, 5.74) is 1.05. The largest absolute Gasteiger partial charge is 0.489 e. The molecule has 16 heavy (non-hydrogen) atoms. The van der Waals surface area contributed by atoms with Crippen LogP contribution in [0, 0.1) is 0 Å². The summed E-state index contributed by atoms with van der Waals surface area (Å²) in [5, 5.41) is 12.8. The van der Waals surface area contributed by atoms with Crippen molar-refractivity contribution in [3.05, 3.63) is 28.8 Å². The van der Waals surface area contributed by atoms with Crippen molar-refractivity contribution in [2.24, 2.45) is 0 Å². The minimum absolute atomic E-state index is 0.000711. The van der Waals surface area contributed by atoms with Crippen molar-refractivity contribution in [2.75, 3.05) is 13.2 Å². The molecule has 1 aliphatic carbocycles. The van der Waals surface area contributed by atoms with Crippen molar-refractivity contribution in [1.29, 1.82) is 0 Å². The van der Waals surface area contributed by atoms with E-state index in [1.807, 2.05) is 12.1 Å². The molecule has 0 amide bonds. The summed E-state index contributed by atoms with van der Waals surface area (Å²) in [6, 6.07) is 6.37. The van der Waals surface area contributed by atoms with E-state index < -0.39 is 0 Å². The Hall–Kier alpha value is -0.770. The lowest BCUT2D eigenvalue weighted by Gasteiger charge is -2.12. The number of para-hydroxylation sites is 1. The minimum Gasteiger partial charge on any atom is -0.489 e. The Bertz CT molecular complexity index is 353. The fourth-order valence-corrected chi connectivity index (χ4v) is 1.79.